The van der Waals surface area contributed by atoms with E-state index in [2.05, 4.69) is 10.3 Å². The van der Waals surface area contributed by atoms with Crippen molar-refractivity contribution < 1.29 is 9.53 Å². The maximum Gasteiger partial charge on any atom is 0.226 e. The van der Waals surface area contributed by atoms with Gasteiger partial charge in [-0.1, -0.05) is 30.3 Å². The summed E-state index contributed by atoms with van der Waals surface area (Å²) in [6, 6.07) is 17.5. The van der Waals surface area contributed by atoms with Crippen LogP contribution in [0.15, 0.2) is 54.6 Å². The number of nitrogens with zero attached hydrogens (tertiary/aromatic N) is 2. The summed E-state index contributed by atoms with van der Waals surface area (Å²) in [7, 11) is 0. The predicted octanol–water partition coefficient (Wildman–Crippen LogP) is 3.85. The van der Waals surface area contributed by atoms with Gasteiger partial charge in [0.1, 0.15) is 5.75 Å². The molecular formula is C19H21N3O2. The van der Waals surface area contributed by atoms with E-state index in [1.54, 1.807) is 0 Å². The Morgan fingerprint density at radius 2 is 1.88 bits per heavy atom. The molecule has 0 fully saturated rings. The van der Waals surface area contributed by atoms with Gasteiger partial charge >= 0.3 is 0 Å². The van der Waals surface area contributed by atoms with Gasteiger partial charge in [0, 0.05) is 13.0 Å². The van der Waals surface area contributed by atoms with Crippen LogP contribution in [0.1, 0.15) is 19.8 Å². The lowest BCUT2D eigenvalue weighted by Gasteiger charge is -2.08. The lowest BCUT2D eigenvalue weighted by Crippen LogP contribution is -2.16. The first-order valence-electron chi connectivity index (χ1n) is 8.21. The van der Waals surface area contributed by atoms with Crippen LogP contribution in [-0.4, -0.2) is 22.1 Å². The lowest BCUT2D eigenvalue weighted by atomic mass is 10.3. The molecule has 0 unspecified atom stereocenters. The first-order valence-corrected chi connectivity index (χ1v) is 8.21. The van der Waals surface area contributed by atoms with Gasteiger partial charge in [-0.25, -0.2) is 4.98 Å². The molecule has 0 saturated heterocycles. The molecule has 0 saturated carbocycles. The number of ether oxygens (including phenoxy) is 1. The number of amides is 1. The van der Waals surface area contributed by atoms with Crippen LogP contribution in [-0.2, 0) is 11.3 Å². The summed E-state index contributed by atoms with van der Waals surface area (Å²) < 4.78 is 7.61. The number of benzene rings is 2. The number of hydrogen-bond donors (Lipinski definition) is 1. The van der Waals surface area contributed by atoms with E-state index in [9.17, 15) is 4.79 Å². The standard InChI is InChI=1S/C19H21N3O2/c1-2-22-17-12-7-6-11-16(17)20-19(22)21-18(23)13-8-14-24-15-9-4-3-5-10-15/h3-7,9-12H,2,8,13-14H2,1H3,(H,20,21,23). The van der Waals surface area contributed by atoms with Gasteiger partial charge in [-0.05, 0) is 37.6 Å². The number of nitrogens with one attached hydrogen (secondary N) is 1. The molecule has 0 aliphatic carbocycles. The molecule has 3 rings (SSSR count). The van der Waals surface area contributed by atoms with Crippen molar-refractivity contribution in [1.29, 1.82) is 0 Å². The number of rotatable bonds is 7. The largest absolute Gasteiger partial charge is 0.494 e. The molecule has 0 aliphatic heterocycles. The molecule has 1 amide bonds. The lowest BCUT2D eigenvalue weighted by molar-refractivity contribution is -0.116. The highest BCUT2D eigenvalue weighted by Gasteiger charge is 2.11. The van der Waals surface area contributed by atoms with Gasteiger partial charge in [-0.15, -0.1) is 0 Å². The number of carbonyl (C=O) groups is 1. The van der Waals surface area contributed by atoms with E-state index in [0.717, 1.165) is 23.3 Å². The van der Waals surface area contributed by atoms with E-state index in [4.69, 9.17) is 4.74 Å². The Balaban J connectivity index is 1.53. The summed E-state index contributed by atoms with van der Waals surface area (Å²) in [6.07, 6.45) is 1.06. The average molecular weight is 323 g/mol. The highest BCUT2D eigenvalue weighted by molar-refractivity contribution is 5.91. The van der Waals surface area contributed by atoms with Gasteiger partial charge in [0.05, 0.1) is 17.6 Å². The zero-order chi connectivity index (χ0) is 16.8. The Hall–Kier alpha value is -2.82. The fourth-order valence-corrected chi connectivity index (χ4v) is 2.62. The van der Waals surface area contributed by atoms with Crippen molar-refractivity contribution in [1.82, 2.24) is 9.55 Å². The van der Waals surface area contributed by atoms with Crippen molar-refractivity contribution >= 4 is 22.9 Å². The first kappa shape index (κ1) is 16.1. The number of anilines is 1. The summed E-state index contributed by atoms with van der Waals surface area (Å²) in [5.41, 5.74) is 1.92. The Bertz CT molecular complexity index is 812. The van der Waals surface area contributed by atoms with Crippen LogP contribution in [0.3, 0.4) is 0 Å². The molecule has 5 heteroatoms. The highest BCUT2D eigenvalue weighted by Crippen LogP contribution is 2.19. The summed E-state index contributed by atoms with van der Waals surface area (Å²) in [4.78, 5) is 16.6. The Kier molecular flexibility index (Phi) is 5.11. The molecule has 0 spiro atoms. The van der Waals surface area contributed by atoms with Crippen LogP contribution >= 0.6 is 0 Å². The van der Waals surface area contributed by atoms with E-state index < -0.39 is 0 Å². The zero-order valence-electron chi connectivity index (χ0n) is 13.7. The van der Waals surface area contributed by atoms with Crippen LogP contribution in [0.5, 0.6) is 5.75 Å². The maximum atomic E-state index is 12.1. The minimum atomic E-state index is -0.0448. The van der Waals surface area contributed by atoms with E-state index in [1.165, 1.54) is 0 Å². The number of imidazole rings is 1. The number of hydrogen-bond acceptors (Lipinski definition) is 3. The van der Waals surface area contributed by atoms with Crippen LogP contribution in [0, 0.1) is 0 Å². The Labute approximate surface area is 141 Å². The van der Waals surface area contributed by atoms with Crippen LogP contribution < -0.4 is 10.1 Å². The third-order valence-electron chi connectivity index (χ3n) is 3.78. The molecule has 24 heavy (non-hydrogen) atoms. The number of carbonyl (C=O) groups excluding carboxylic acids is 1. The number of para-hydroxylation sites is 3. The van der Waals surface area contributed by atoms with Crippen molar-refractivity contribution in [3.63, 3.8) is 0 Å². The van der Waals surface area contributed by atoms with Gasteiger partial charge in [0.15, 0.2) is 0 Å². The van der Waals surface area contributed by atoms with E-state index in [1.807, 2.05) is 66.1 Å². The molecule has 3 aromatic rings. The van der Waals surface area contributed by atoms with Crippen LogP contribution in [0.4, 0.5) is 5.95 Å². The zero-order valence-corrected chi connectivity index (χ0v) is 13.7. The van der Waals surface area contributed by atoms with Crippen molar-refractivity contribution in [2.24, 2.45) is 0 Å². The quantitative estimate of drug-likeness (QED) is 0.672. The molecule has 1 heterocycles. The molecule has 0 aliphatic rings. The monoisotopic (exact) mass is 323 g/mol. The fraction of sp³-hybridized carbons (Fsp3) is 0.263. The minimum absolute atomic E-state index is 0.0448. The molecule has 2 aromatic carbocycles. The number of fused-ring (bicyclic) bond motifs is 1. The molecule has 124 valence electrons. The second-order valence-electron chi connectivity index (χ2n) is 5.48. The van der Waals surface area contributed by atoms with E-state index in [-0.39, 0.29) is 5.91 Å². The fourth-order valence-electron chi connectivity index (χ4n) is 2.62. The van der Waals surface area contributed by atoms with E-state index in [0.29, 0.717) is 25.4 Å². The van der Waals surface area contributed by atoms with Crippen molar-refractivity contribution in [3.8, 4) is 5.75 Å². The van der Waals surface area contributed by atoms with E-state index >= 15 is 0 Å². The van der Waals surface area contributed by atoms with Crippen LogP contribution in [0.25, 0.3) is 11.0 Å². The molecule has 5 nitrogen and oxygen atoms in total. The average Bonchev–Trinajstić information content (AvgIpc) is 2.96. The summed E-state index contributed by atoms with van der Waals surface area (Å²) >= 11 is 0. The van der Waals surface area contributed by atoms with Gasteiger partial charge in [0.2, 0.25) is 11.9 Å². The van der Waals surface area contributed by atoms with Gasteiger partial charge in [-0.2, -0.15) is 0 Å². The third-order valence-corrected chi connectivity index (χ3v) is 3.78. The van der Waals surface area contributed by atoms with Gasteiger partial charge in [-0.3, -0.25) is 10.1 Å². The van der Waals surface area contributed by atoms with Gasteiger partial charge in [0.25, 0.3) is 0 Å². The second-order valence-corrected chi connectivity index (χ2v) is 5.48. The van der Waals surface area contributed by atoms with Crippen molar-refractivity contribution in [2.75, 3.05) is 11.9 Å². The first-order chi connectivity index (χ1) is 11.8. The predicted molar refractivity (Wildman–Crippen MR) is 95.2 cm³/mol. The SMILES string of the molecule is CCn1c(NC(=O)CCCOc2ccccc2)nc2ccccc21. The molecule has 1 aromatic heterocycles. The summed E-state index contributed by atoms with van der Waals surface area (Å²) in [5.74, 6) is 1.38. The topological polar surface area (TPSA) is 56.2 Å². The molecule has 0 bridgehead atoms. The molecular weight excluding hydrogens is 302 g/mol. The van der Waals surface area contributed by atoms with Crippen LogP contribution in [0.2, 0.25) is 0 Å². The van der Waals surface area contributed by atoms with Gasteiger partial charge < -0.3 is 9.30 Å². The van der Waals surface area contributed by atoms with Crippen molar-refractivity contribution in [2.45, 2.75) is 26.3 Å². The molecule has 0 atom stereocenters. The maximum absolute atomic E-state index is 12.1. The Morgan fingerprint density at radius 3 is 2.67 bits per heavy atom. The highest BCUT2D eigenvalue weighted by atomic mass is 16.5. The number of aryl methyl sites for hydroxylation is 1. The Morgan fingerprint density at radius 1 is 1.12 bits per heavy atom. The number of aromatic nitrogens is 2. The second kappa shape index (κ2) is 7.64. The van der Waals surface area contributed by atoms with Crippen molar-refractivity contribution in [3.05, 3.63) is 54.6 Å². The smallest absolute Gasteiger partial charge is 0.226 e. The minimum Gasteiger partial charge on any atom is -0.494 e. The summed E-state index contributed by atoms with van der Waals surface area (Å²) in [6.45, 7) is 3.31. The third kappa shape index (κ3) is 3.74. The normalized spacial score (nSPS) is 10.7. The molecule has 1 N–H and O–H groups in total. The summed E-state index contributed by atoms with van der Waals surface area (Å²) in [5, 5.41) is 2.91. The molecule has 0 radical (unpaired) electrons.